The topological polar surface area (TPSA) is 130 Å². The van der Waals surface area contributed by atoms with Gasteiger partial charge in [-0.25, -0.2) is 15.0 Å². The molecule has 0 aliphatic heterocycles. The summed E-state index contributed by atoms with van der Waals surface area (Å²) in [4.78, 5) is 12.2. The summed E-state index contributed by atoms with van der Waals surface area (Å²) >= 11 is 0. The number of anilines is 1. The molecule has 108 valence electrons. The first kappa shape index (κ1) is 13.2. The summed E-state index contributed by atoms with van der Waals surface area (Å²) in [5, 5.41) is 29.8. The molecular weight excluding hydrogens is 262 g/mol. The molecule has 2 aromatic rings. The fourth-order valence-corrected chi connectivity index (χ4v) is 2.88. The number of fused-ring (bicyclic) bond motifs is 1. The zero-order chi connectivity index (χ0) is 14.5. The van der Waals surface area contributed by atoms with Crippen molar-refractivity contribution >= 4 is 17.0 Å². The smallest absolute Gasteiger partial charge is 0.165 e. The first-order chi connectivity index (χ1) is 9.48. The lowest BCUT2D eigenvalue weighted by Gasteiger charge is -2.25. The first-order valence-corrected chi connectivity index (χ1v) is 6.38. The summed E-state index contributed by atoms with van der Waals surface area (Å²) in [7, 11) is 0. The second-order valence-electron chi connectivity index (χ2n) is 5.60. The molecule has 20 heavy (non-hydrogen) atoms. The maximum absolute atomic E-state index is 10.2. The van der Waals surface area contributed by atoms with E-state index in [1.54, 1.807) is 11.5 Å². The van der Waals surface area contributed by atoms with Crippen molar-refractivity contribution in [2.75, 3.05) is 12.3 Å². The Kier molecular flexibility index (Phi) is 2.89. The number of aromatic nitrogens is 4. The van der Waals surface area contributed by atoms with E-state index < -0.39 is 23.7 Å². The van der Waals surface area contributed by atoms with Crippen molar-refractivity contribution < 1.29 is 15.3 Å². The largest absolute Gasteiger partial charge is 0.396 e. The van der Waals surface area contributed by atoms with Gasteiger partial charge in [-0.05, 0) is 6.42 Å². The SMILES string of the molecule is C[C@@]1(CO)C[C@@H](n2cnc3c(N)ncnc32)[C@@H](O)[C@@H]1O. The van der Waals surface area contributed by atoms with Crippen molar-refractivity contribution in [3.63, 3.8) is 0 Å². The van der Waals surface area contributed by atoms with E-state index >= 15 is 0 Å². The number of aliphatic hydroxyl groups excluding tert-OH is 3. The van der Waals surface area contributed by atoms with Crippen molar-refractivity contribution in [2.24, 2.45) is 5.41 Å². The average Bonchev–Trinajstić information content (AvgIpc) is 2.96. The molecule has 2 heterocycles. The maximum atomic E-state index is 10.2. The highest BCUT2D eigenvalue weighted by molar-refractivity contribution is 5.81. The van der Waals surface area contributed by atoms with Crippen LogP contribution in [0, 0.1) is 5.41 Å². The molecule has 0 radical (unpaired) electrons. The second kappa shape index (κ2) is 4.37. The van der Waals surface area contributed by atoms with Gasteiger partial charge in [-0.3, -0.25) is 0 Å². The van der Waals surface area contributed by atoms with Crippen molar-refractivity contribution in [2.45, 2.75) is 31.6 Å². The van der Waals surface area contributed by atoms with Crippen LogP contribution >= 0.6 is 0 Å². The zero-order valence-electron chi connectivity index (χ0n) is 11.0. The summed E-state index contributed by atoms with van der Waals surface area (Å²) < 4.78 is 1.68. The van der Waals surface area contributed by atoms with Crippen molar-refractivity contribution in [3.8, 4) is 0 Å². The fraction of sp³-hybridized carbons (Fsp3) is 0.583. The molecule has 0 saturated heterocycles. The fourth-order valence-electron chi connectivity index (χ4n) is 2.88. The Labute approximate surface area is 114 Å². The molecule has 1 fully saturated rings. The number of aliphatic hydroxyl groups is 3. The molecule has 1 aliphatic carbocycles. The van der Waals surface area contributed by atoms with Gasteiger partial charge in [-0.15, -0.1) is 0 Å². The summed E-state index contributed by atoms with van der Waals surface area (Å²) in [6.45, 7) is 1.54. The number of nitrogen functional groups attached to an aromatic ring is 1. The highest BCUT2D eigenvalue weighted by Crippen LogP contribution is 2.44. The number of nitrogens with two attached hydrogens (primary N) is 1. The van der Waals surface area contributed by atoms with E-state index in [0.29, 0.717) is 17.6 Å². The number of rotatable bonds is 2. The first-order valence-electron chi connectivity index (χ1n) is 6.38. The van der Waals surface area contributed by atoms with Gasteiger partial charge < -0.3 is 25.6 Å². The van der Waals surface area contributed by atoms with Crippen LogP contribution < -0.4 is 5.73 Å². The molecule has 0 aromatic carbocycles. The molecule has 8 nitrogen and oxygen atoms in total. The standard InChI is InChI=1S/C12H17N5O3/c1-12(3-18)2-6(8(19)9(12)20)17-5-16-7-10(13)14-4-15-11(7)17/h4-6,8-9,18-20H,2-3H2,1H3,(H2,13,14,15)/t6-,8-,9+,12+/m1/s1. The van der Waals surface area contributed by atoms with Gasteiger partial charge in [-0.2, -0.15) is 0 Å². The third-order valence-electron chi connectivity index (χ3n) is 4.21. The van der Waals surface area contributed by atoms with Gasteiger partial charge in [0.25, 0.3) is 0 Å². The molecule has 2 aromatic heterocycles. The number of hydrogen-bond donors (Lipinski definition) is 4. The number of nitrogens with zero attached hydrogens (tertiary/aromatic N) is 4. The van der Waals surface area contributed by atoms with Crippen LogP contribution in [0.25, 0.3) is 11.2 Å². The summed E-state index contributed by atoms with van der Waals surface area (Å²) in [6, 6.07) is -0.415. The summed E-state index contributed by atoms with van der Waals surface area (Å²) in [6.07, 6.45) is 1.27. The minimum absolute atomic E-state index is 0.203. The third kappa shape index (κ3) is 1.69. The van der Waals surface area contributed by atoms with Crippen LogP contribution in [0.4, 0.5) is 5.82 Å². The predicted octanol–water partition coefficient (Wildman–Crippen LogP) is -0.926. The Morgan fingerprint density at radius 1 is 1.40 bits per heavy atom. The van der Waals surface area contributed by atoms with E-state index in [9.17, 15) is 15.3 Å². The van der Waals surface area contributed by atoms with E-state index in [1.165, 1.54) is 12.7 Å². The van der Waals surface area contributed by atoms with E-state index in [-0.39, 0.29) is 12.4 Å². The summed E-state index contributed by atoms with van der Waals surface area (Å²) in [5.41, 5.74) is 5.95. The lowest BCUT2D eigenvalue weighted by molar-refractivity contribution is -0.0403. The maximum Gasteiger partial charge on any atom is 0.165 e. The average molecular weight is 279 g/mol. The normalized spacial score (nSPS) is 33.9. The second-order valence-corrected chi connectivity index (χ2v) is 5.60. The van der Waals surface area contributed by atoms with Crippen LogP contribution in [0.1, 0.15) is 19.4 Å². The molecule has 8 heteroatoms. The molecule has 5 N–H and O–H groups in total. The highest BCUT2D eigenvalue weighted by Gasteiger charge is 2.50. The minimum atomic E-state index is -1.01. The highest BCUT2D eigenvalue weighted by atomic mass is 16.3. The van der Waals surface area contributed by atoms with E-state index in [1.807, 2.05) is 0 Å². The molecule has 1 saturated carbocycles. The van der Waals surface area contributed by atoms with Crippen LogP contribution in [0.2, 0.25) is 0 Å². The van der Waals surface area contributed by atoms with Gasteiger partial charge in [0.05, 0.1) is 25.1 Å². The molecule has 1 aliphatic rings. The molecule has 0 bridgehead atoms. The quantitative estimate of drug-likeness (QED) is 0.559. The van der Waals surface area contributed by atoms with Crippen LogP contribution in [-0.2, 0) is 0 Å². The van der Waals surface area contributed by atoms with Crippen molar-refractivity contribution in [1.82, 2.24) is 19.5 Å². The van der Waals surface area contributed by atoms with Gasteiger partial charge in [0.2, 0.25) is 0 Å². The molecule has 3 rings (SSSR count). The van der Waals surface area contributed by atoms with Crippen molar-refractivity contribution in [1.29, 1.82) is 0 Å². The van der Waals surface area contributed by atoms with Crippen LogP contribution in [0.15, 0.2) is 12.7 Å². The van der Waals surface area contributed by atoms with Crippen LogP contribution in [-0.4, -0.2) is 53.7 Å². The zero-order valence-corrected chi connectivity index (χ0v) is 11.0. The molecule has 0 spiro atoms. The lowest BCUT2D eigenvalue weighted by atomic mass is 9.87. The van der Waals surface area contributed by atoms with Gasteiger partial charge in [0.15, 0.2) is 11.5 Å². The summed E-state index contributed by atoms with van der Waals surface area (Å²) in [5.74, 6) is 0.270. The monoisotopic (exact) mass is 279 g/mol. The Bertz CT molecular complexity index is 645. The van der Waals surface area contributed by atoms with E-state index in [2.05, 4.69) is 15.0 Å². The van der Waals surface area contributed by atoms with E-state index in [0.717, 1.165) is 0 Å². The molecule has 4 atom stereocenters. The van der Waals surface area contributed by atoms with Gasteiger partial charge in [0, 0.05) is 5.41 Å². The van der Waals surface area contributed by atoms with Crippen LogP contribution in [0.3, 0.4) is 0 Å². The van der Waals surface area contributed by atoms with E-state index in [4.69, 9.17) is 5.73 Å². The third-order valence-corrected chi connectivity index (χ3v) is 4.21. The Morgan fingerprint density at radius 3 is 2.80 bits per heavy atom. The van der Waals surface area contributed by atoms with Crippen LogP contribution in [0.5, 0.6) is 0 Å². The van der Waals surface area contributed by atoms with Crippen molar-refractivity contribution in [3.05, 3.63) is 12.7 Å². The molecule has 0 amide bonds. The lowest BCUT2D eigenvalue weighted by Crippen LogP contribution is -2.36. The Hall–Kier alpha value is -1.77. The van der Waals surface area contributed by atoms with Gasteiger partial charge in [0.1, 0.15) is 17.9 Å². The number of imidazole rings is 1. The van der Waals surface area contributed by atoms with Gasteiger partial charge in [-0.1, -0.05) is 6.92 Å². The Morgan fingerprint density at radius 2 is 2.15 bits per heavy atom. The number of hydrogen-bond acceptors (Lipinski definition) is 7. The molecular formula is C12H17N5O3. The molecule has 0 unspecified atom stereocenters. The minimum Gasteiger partial charge on any atom is -0.396 e. The van der Waals surface area contributed by atoms with Gasteiger partial charge >= 0.3 is 0 Å². The predicted molar refractivity (Wildman–Crippen MR) is 70.6 cm³/mol. The Balaban J connectivity index is 2.06.